The standard InChI is InChI=1S/C20H35NO/c1-4-5-6-7-8-9-10-11-12-13-18-22-20-16-14-19(15-17-20)21(2)3/h14-17H,4-13,18H2,1-3H3. The molecule has 0 radical (unpaired) electrons. The monoisotopic (exact) mass is 305 g/mol. The molecule has 1 rings (SSSR count). The summed E-state index contributed by atoms with van der Waals surface area (Å²) in [4.78, 5) is 2.10. The van der Waals surface area contributed by atoms with Crippen molar-refractivity contribution >= 4 is 5.69 Å². The molecular weight excluding hydrogens is 270 g/mol. The van der Waals surface area contributed by atoms with Gasteiger partial charge >= 0.3 is 0 Å². The zero-order valence-corrected chi connectivity index (χ0v) is 14.9. The van der Waals surface area contributed by atoms with E-state index in [1.165, 1.54) is 69.9 Å². The van der Waals surface area contributed by atoms with Gasteiger partial charge in [-0.2, -0.15) is 0 Å². The fraction of sp³-hybridized carbons (Fsp3) is 0.700. The highest BCUT2D eigenvalue weighted by Gasteiger charge is 1.97. The number of rotatable bonds is 13. The minimum Gasteiger partial charge on any atom is -0.494 e. The van der Waals surface area contributed by atoms with Crippen LogP contribution in [0.2, 0.25) is 0 Å². The Kier molecular flexibility index (Phi) is 10.6. The molecule has 0 bridgehead atoms. The summed E-state index contributed by atoms with van der Waals surface area (Å²) in [6, 6.07) is 8.33. The summed E-state index contributed by atoms with van der Waals surface area (Å²) < 4.78 is 5.79. The molecule has 0 aromatic heterocycles. The molecule has 1 aromatic carbocycles. The van der Waals surface area contributed by atoms with Gasteiger partial charge in [-0.15, -0.1) is 0 Å². The third kappa shape index (κ3) is 8.96. The van der Waals surface area contributed by atoms with Crippen LogP contribution in [0, 0.1) is 0 Å². The number of unbranched alkanes of at least 4 members (excludes halogenated alkanes) is 9. The van der Waals surface area contributed by atoms with Crippen LogP contribution >= 0.6 is 0 Å². The van der Waals surface area contributed by atoms with Crippen molar-refractivity contribution in [1.82, 2.24) is 0 Å². The molecular formula is C20H35NO. The van der Waals surface area contributed by atoms with Crippen molar-refractivity contribution < 1.29 is 4.74 Å². The molecule has 0 atom stereocenters. The number of anilines is 1. The van der Waals surface area contributed by atoms with Gasteiger partial charge in [0.2, 0.25) is 0 Å². The second-order valence-corrected chi connectivity index (χ2v) is 6.42. The van der Waals surface area contributed by atoms with Crippen molar-refractivity contribution in [3.8, 4) is 5.75 Å². The zero-order chi connectivity index (χ0) is 16.0. The van der Waals surface area contributed by atoms with E-state index in [0.717, 1.165) is 12.4 Å². The molecule has 0 aliphatic heterocycles. The first kappa shape index (κ1) is 18.9. The minimum atomic E-state index is 0.845. The van der Waals surface area contributed by atoms with Crippen molar-refractivity contribution in [3.05, 3.63) is 24.3 Å². The summed E-state index contributed by atoms with van der Waals surface area (Å²) in [5.41, 5.74) is 1.21. The molecule has 2 heteroatoms. The maximum absolute atomic E-state index is 5.79. The van der Waals surface area contributed by atoms with Crippen LogP contribution in [0.3, 0.4) is 0 Å². The van der Waals surface area contributed by atoms with Crippen LogP contribution in [-0.4, -0.2) is 20.7 Å². The first-order valence-corrected chi connectivity index (χ1v) is 9.14. The number of hydrogen-bond acceptors (Lipinski definition) is 2. The Morgan fingerprint density at radius 1 is 0.727 bits per heavy atom. The van der Waals surface area contributed by atoms with Gasteiger partial charge in [-0.25, -0.2) is 0 Å². The van der Waals surface area contributed by atoms with Gasteiger partial charge in [0, 0.05) is 19.8 Å². The largest absolute Gasteiger partial charge is 0.494 e. The number of hydrogen-bond donors (Lipinski definition) is 0. The Balaban J connectivity index is 1.93. The topological polar surface area (TPSA) is 12.5 Å². The lowest BCUT2D eigenvalue weighted by Gasteiger charge is -2.13. The van der Waals surface area contributed by atoms with E-state index >= 15 is 0 Å². The lowest BCUT2D eigenvalue weighted by molar-refractivity contribution is 0.304. The van der Waals surface area contributed by atoms with E-state index < -0.39 is 0 Å². The van der Waals surface area contributed by atoms with Crippen LogP contribution in [-0.2, 0) is 0 Å². The van der Waals surface area contributed by atoms with E-state index in [9.17, 15) is 0 Å². The second kappa shape index (κ2) is 12.4. The normalized spacial score (nSPS) is 10.7. The molecule has 126 valence electrons. The fourth-order valence-electron chi connectivity index (χ4n) is 2.62. The van der Waals surface area contributed by atoms with E-state index in [0.29, 0.717) is 0 Å². The highest BCUT2D eigenvalue weighted by atomic mass is 16.5. The SMILES string of the molecule is CCCCCCCCCCCCOc1ccc(N(C)C)cc1. The van der Waals surface area contributed by atoms with Gasteiger partial charge in [-0.3, -0.25) is 0 Å². The second-order valence-electron chi connectivity index (χ2n) is 6.42. The molecule has 0 spiro atoms. The Hall–Kier alpha value is -1.18. The molecule has 2 nitrogen and oxygen atoms in total. The van der Waals surface area contributed by atoms with Gasteiger partial charge in [0.25, 0.3) is 0 Å². The maximum Gasteiger partial charge on any atom is 0.119 e. The Bertz CT molecular complexity index is 358. The van der Waals surface area contributed by atoms with Crippen LogP contribution in [0.5, 0.6) is 5.75 Å². The van der Waals surface area contributed by atoms with E-state index in [2.05, 4.69) is 50.2 Å². The summed E-state index contributed by atoms with van der Waals surface area (Å²) in [5, 5.41) is 0. The molecule has 0 heterocycles. The third-order valence-corrected chi connectivity index (χ3v) is 4.12. The number of ether oxygens (including phenoxy) is 1. The van der Waals surface area contributed by atoms with Crippen LogP contribution < -0.4 is 9.64 Å². The van der Waals surface area contributed by atoms with E-state index in [4.69, 9.17) is 4.74 Å². The van der Waals surface area contributed by atoms with Crippen LogP contribution in [0.25, 0.3) is 0 Å². The lowest BCUT2D eigenvalue weighted by atomic mass is 10.1. The molecule has 22 heavy (non-hydrogen) atoms. The molecule has 0 amide bonds. The van der Waals surface area contributed by atoms with Crippen molar-refractivity contribution in [3.63, 3.8) is 0 Å². The van der Waals surface area contributed by atoms with Crippen LogP contribution in [0.1, 0.15) is 71.1 Å². The highest BCUT2D eigenvalue weighted by Crippen LogP contribution is 2.18. The Labute approximate surface area is 137 Å². The molecule has 0 aliphatic rings. The predicted octanol–water partition coefficient (Wildman–Crippen LogP) is 6.05. The maximum atomic E-state index is 5.79. The van der Waals surface area contributed by atoms with Crippen LogP contribution in [0.4, 0.5) is 5.69 Å². The van der Waals surface area contributed by atoms with Crippen molar-refractivity contribution in [2.75, 3.05) is 25.6 Å². The summed E-state index contributed by atoms with van der Waals surface area (Å²) in [6.45, 7) is 3.12. The molecule has 0 saturated heterocycles. The van der Waals surface area contributed by atoms with Crippen molar-refractivity contribution in [1.29, 1.82) is 0 Å². The highest BCUT2D eigenvalue weighted by molar-refractivity contribution is 5.47. The molecule has 0 unspecified atom stereocenters. The predicted molar refractivity (Wildman–Crippen MR) is 98.1 cm³/mol. The zero-order valence-electron chi connectivity index (χ0n) is 14.9. The summed E-state index contributed by atoms with van der Waals surface area (Å²) in [5.74, 6) is 0.988. The van der Waals surface area contributed by atoms with Gasteiger partial charge in [0.1, 0.15) is 5.75 Å². The first-order valence-electron chi connectivity index (χ1n) is 9.14. The quantitative estimate of drug-likeness (QED) is 0.411. The molecule has 0 saturated carbocycles. The lowest BCUT2D eigenvalue weighted by Crippen LogP contribution is -2.08. The molecule has 0 N–H and O–H groups in total. The van der Waals surface area contributed by atoms with Crippen molar-refractivity contribution in [2.24, 2.45) is 0 Å². The number of benzene rings is 1. The molecule has 0 aliphatic carbocycles. The minimum absolute atomic E-state index is 0.845. The average Bonchev–Trinajstić information content (AvgIpc) is 2.53. The average molecular weight is 306 g/mol. The Morgan fingerprint density at radius 2 is 1.23 bits per heavy atom. The van der Waals surface area contributed by atoms with Crippen LogP contribution in [0.15, 0.2) is 24.3 Å². The van der Waals surface area contributed by atoms with Gasteiger partial charge in [0.05, 0.1) is 6.61 Å². The summed E-state index contributed by atoms with van der Waals surface area (Å²) in [7, 11) is 4.11. The Morgan fingerprint density at radius 3 is 1.73 bits per heavy atom. The molecule has 1 aromatic rings. The number of nitrogens with zero attached hydrogens (tertiary/aromatic N) is 1. The van der Waals surface area contributed by atoms with E-state index in [1.807, 2.05) is 0 Å². The summed E-state index contributed by atoms with van der Waals surface area (Å²) >= 11 is 0. The van der Waals surface area contributed by atoms with Crippen molar-refractivity contribution in [2.45, 2.75) is 71.1 Å². The smallest absolute Gasteiger partial charge is 0.119 e. The van der Waals surface area contributed by atoms with Gasteiger partial charge in [-0.1, -0.05) is 64.7 Å². The van der Waals surface area contributed by atoms with Gasteiger partial charge < -0.3 is 9.64 Å². The molecule has 0 fully saturated rings. The first-order chi connectivity index (χ1) is 10.7. The fourth-order valence-corrected chi connectivity index (χ4v) is 2.62. The third-order valence-electron chi connectivity index (χ3n) is 4.12. The summed E-state index contributed by atoms with van der Waals surface area (Å²) in [6.07, 6.45) is 13.7. The van der Waals surface area contributed by atoms with Gasteiger partial charge in [-0.05, 0) is 30.7 Å². The van der Waals surface area contributed by atoms with E-state index in [1.54, 1.807) is 0 Å². The van der Waals surface area contributed by atoms with E-state index in [-0.39, 0.29) is 0 Å². The van der Waals surface area contributed by atoms with Gasteiger partial charge in [0.15, 0.2) is 0 Å².